The monoisotopic (exact) mass is 313 g/mol. The van der Waals surface area contributed by atoms with E-state index in [1.54, 1.807) is 6.07 Å². The number of rotatable bonds is 3. The van der Waals surface area contributed by atoms with E-state index in [1.807, 2.05) is 0 Å². The molecule has 4 heteroatoms. The number of aryl methyl sites for hydroxylation is 1. The molecule has 1 N–H and O–H groups in total. The SMILES string of the molecule is Cc1ccc2c(c1)N(Cc1ccc(C(=O)O)o1)C(C)(C)CC2C. The van der Waals surface area contributed by atoms with Gasteiger partial charge in [0.1, 0.15) is 5.76 Å². The summed E-state index contributed by atoms with van der Waals surface area (Å²) < 4.78 is 5.47. The molecular weight excluding hydrogens is 290 g/mol. The van der Waals surface area contributed by atoms with Crippen LogP contribution in [0.2, 0.25) is 0 Å². The zero-order valence-electron chi connectivity index (χ0n) is 14.1. The van der Waals surface area contributed by atoms with Crippen LogP contribution in [0.25, 0.3) is 0 Å². The molecule has 1 atom stereocenters. The minimum absolute atomic E-state index is 0.00681. The quantitative estimate of drug-likeness (QED) is 0.901. The number of furan rings is 1. The number of benzene rings is 1. The van der Waals surface area contributed by atoms with E-state index in [0.29, 0.717) is 18.2 Å². The third kappa shape index (κ3) is 2.85. The van der Waals surface area contributed by atoms with E-state index < -0.39 is 5.97 Å². The highest BCUT2D eigenvalue weighted by molar-refractivity contribution is 5.84. The van der Waals surface area contributed by atoms with Crippen LogP contribution in [-0.2, 0) is 6.54 Å². The average Bonchev–Trinajstić information content (AvgIpc) is 2.91. The lowest BCUT2D eigenvalue weighted by atomic mass is 9.79. The van der Waals surface area contributed by atoms with Crippen LogP contribution in [0, 0.1) is 6.92 Å². The molecule has 0 fully saturated rings. The summed E-state index contributed by atoms with van der Waals surface area (Å²) in [6.45, 7) is 9.40. The number of anilines is 1. The molecule has 3 rings (SSSR count). The van der Waals surface area contributed by atoms with E-state index in [0.717, 1.165) is 6.42 Å². The first-order chi connectivity index (χ1) is 10.8. The fraction of sp³-hybridized carbons (Fsp3) is 0.421. The number of aromatic carboxylic acids is 1. The molecule has 1 aliphatic rings. The molecule has 1 unspecified atom stereocenters. The van der Waals surface area contributed by atoms with E-state index in [4.69, 9.17) is 9.52 Å². The van der Waals surface area contributed by atoms with Gasteiger partial charge in [0.05, 0.1) is 6.54 Å². The van der Waals surface area contributed by atoms with E-state index in [9.17, 15) is 4.79 Å². The Kier molecular flexibility index (Phi) is 3.71. The standard InChI is InChI=1S/C19H23NO3/c1-12-5-7-15-13(2)10-19(3,4)20(16(15)9-12)11-14-6-8-17(23-14)18(21)22/h5-9,13H,10-11H2,1-4H3,(H,21,22). The third-order valence-corrected chi connectivity index (χ3v) is 4.73. The molecule has 23 heavy (non-hydrogen) atoms. The molecule has 0 aliphatic carbocycles. The number of carbonyl (C=O) groups is 1. The van der Waals surface area contributed by atoms with Crippen LogP contribution in [0.5, 0.6) is 0 Å². The number of hydrogen-bond donors (Lipinski definition) is 1. The molecule has 0 spiro atoms. The highest BCUT2D eigenvalue weighted by atomic mass is 16.4. The number of carboxylic acid groups (broad SMARTS) is 1. The summed E-state index contributed by atoms with van der Waals surface area (Å²) in [6.07, 6.45) is 1.05. The van der Waals surface area contributed by atoms with Gasteiger partial charge >= 0.3 is 5.97 Å². The second-order valence-electron chi connectivity index (χ2n) is 7.14. The van der Waals surface area contributed by atoms with Crippen LogP contribution in [0.15, 0.2) is 34.7 Å². The Morgan fingerprint density at radius 1 is 1.35 bits per heavy atom. The molecule has 2 heterocycles. The number of nitrogens with zero attached hydrogens (tertiary/aromatic N) is 1. The summed E-state index contributed by atoms with van der Waals surface area (Å²) in [7, 11) is 0. The number of carboxylic acids is 1. The van der Waals surface area contributed by atoms with Gasteiger partial charge in [-0.3, -0.25) is 0 Å². The summed E-state index contributed by atoms with van der Waals surface area (Å²) in [4.78, 5) is 13.3. The van der Waals surface area contributed by atoms with Crippen molar-refractivity contribution in [1.29, 1.82) is 0 Å². The molecule has 0 bridgehead atoms. The average molecular weight is 313 g/mol. The Hall–Kier alpha value is -2.23. The van der Waals surface area contributed by atoms with Gasteiger partial charge in [-0.1, -0.05) is 19.1 Å². The minimum atomic E-state index is -1.03. The predicted molar refractivity (Wildman–Crippen MR) is 90.1 cm³/mol. The zero-order valence-corrected chi connectivity index (χ0v) is 14.1. The summed E-state index contributed by atoms with van der Waals surface area (Å²) in [5.41, 5.74) is 3.78. The van der Waals surface area contributed by atoms with Crippen molar-refractivity contribution in [3.63, 3.8) is 0 Å². The summed E-state index contributed by atoms with van der Waals surface area (Å²) in [5.74, 6) is 0.146. The lowest BCUT2D eigenvalue weighted by Crippen LogP contribution is -2.47. The largest absolute Gasteiger partial charge is 0.475 e. The molecule has 1 aromatic heterocycles. The fourth-order valence-corrected chi connectivity index (χ4v) is 3.63. The molecule has 0 saturated carbocycles. The fourth-order valence-electron chi connectivity index (χ4n) is 3.63. The summed E-state index contributed by atoms with van der Waals surface area (Å²) in [6, 6.07) is 9.86. The van der Waals surface area contributed by atoms with Crippen molar-refractivity contribution in [2.24, 2.45) is 0 Å². The van der Waals surface area contributed by atoms with Crippen LogP contribution in [-0.4, -0.2) is 16.6 Å². The Balaban J connectivity index is 2.00. The van der Waals surface area contributed by atoms with Crippen molar-refractivity contribution < 1.29 is 14.3 Å². The van der Waals surface area contributed by atoms with Crippen LogP contribution in [0.4, 0.5) is 5.69 Å². The number of fused-ring (bicyclic) bond motifs is 1. The van der Waals surface area contributed by atoms with Gasteiger partial charge in [-0.15, -0.1) is 0 Å². The lowest BCUT2D eigenvalue weighted by Gasteiger charge is -2.47. The van der Waals surface area contributed by atoms with Gasteiger partial charge in [-0.25, -0.2) is 4.79 Å². The van der Waals surface area contributed by atoms with Crippen molar-refractivity contribution in [3.05, 3.63) is 53.0 Å². The van der Waals surface area contributed by atoms with Gasteiger partial charge in [0.2, 0.25) is 5.76 Å². The topological polar surface area (TPSA) is 53.7 Å². The highest BCUT2D eigenvalue weighted by Gasteiger charge is 2.36. The zero-order chi connectivity index (χ0) is 16.8. The van der Waals surface area contributed by atoms with E-state index in [-0.39, 0.29) is 11.3 Å². The first-order valence-corrected chi connectivity index (χ1v) is 7.98. The molecule has 1 aliphatic heterocycles. The van der Waals surface area contributed by atoms with Gasteiger partial charge in [0.25, 0.3) is 0 Å². The van der Waals surface area contributed by atoms with Crippen molar-refractivity contribution >= 4 is 11.7 Å². The van der Waals surface area contributed by atoms with Crippen LogP contribution < -0.4 is 4.90 Å². The first-order valence-electron chi connectivity index (χ1n) is 7.98. The molecule has 122 valence electrons. The first kappa shape index (κ1) is 15.7. The highest BCUT2D eigenvalue weighted by Crippen LogP contribution is 2.44. The molecule has 4 nitrogen and oxygen atoms in total. The Morgan fingerprint density at radius 2 is 2.09 bits per heavy atom. The van der Waals surface area contributed by atoms with Gasteiger partial charge in [0, 0.05) is 11.2 Å². The van der Waals surface area contributed by atoms with Crippen molar-refractivity contribution in [2.45, 2.75) is 52.1 Å². The predicted octanol–water partition coefficient (Wildman–Crippen LogP) is 4.58. The normalized spacial score (nSPS) is 19.5. The third-order valence-electron chi connectivity index (χ3n) is 4.73. The molecule has 0 radical (unpaired) electrons. The molecular formula is C19H23NO3. The Bertz CT molecular complexity index is 745. The van der Waals surface area contributed by atoms with Gasteiger partial charge < -0.3 is 14.4 Å². The van der Waals surface area contributed by atoms with Crippen LogP contribution >= 0.6 is 0 Å². The molecule has 0 saturated heterocycles. The van der Waals surface area contributed by atoms with Crippen molar-refractivity contribution in [2.75, 3.05) is 4.90 Å². The van der Waals surface area contributed by atoms with E-state index >= 15 is 0 Å². The maximum absolute atomic E-state index is 11.0. The minimum Gasteiger partial charge on any atom is -0.475 e. The summed E-state index contributed by atoms with van der Waals surface area (Å²) >= 11 is 0. The lowest BCUT2D eigenvalue weighted by molar-refractivity contribution is 0.0660. The molecule has 1 aromatic carbocycles. The Morgan fingerprint density at radius 3 is 2.74 bits per heavy atom. The number of hydrogen-bond acceptors (Lipinski definition) is 3. The molecule has 0 amide bonds. The summed E-state index contributed by atoms with van der Waals surface area (Å²) in [5, 5.41) is 9.03. The molecule has 2 aromatic rings. The van der Waals surface area contributed by atoms with E-state index in [1.165, 1.54) is 22.9 Å². The van der Waals surface area contributed by atoms with Gasteiger partial charge in [-0.2, -0.15) is 0 Å². The van der Waals surface area contributed by atoms with Crippen LogP contribution in [0.1, 0.15) is 60.6 Å². The van der Waals surface area contributed by atoms with Crippen molar-refractivity contribution in [1.82, 2.24) is 0 Å². The van der Waals surface area contributed by atoms with Crippen LogP contribution in [0.3, 0.4) is 0 Å². The second-order valence-corrected chi connectivity index (χ2v) is 7.14. The van der Waals surface area contributed by atoms with Gasteiger partial charge in [0.15, 0.2) is 0 Å². The Labute approximate surface area is 136 Å². The maximum atomic E-state index is 11.0. The van der Waals surface area contributed by atoms with Crippen molar-refractivity contribution in [3.8, 4) is 0 Å². The second kappa shape index (κ2) is 5.44. The van der Waals surface area contributed by atoms with E-state index in [2.05, 4.69) is 50.8 Å². The van der Waals surface area contributed by atoms with Gasteiger partial charge in [-0.05, 0) is 62.4 Å². The smallest absolute Gasteiger partial charge is 0.371 e. The maximum Gasteiger partial charge on any atom is 0.371 e.